The molecular formula is C15H19N3O3. The van der Waals surface area contributed by atoms with Crippen molar-refractivity contribution in [2.24, 2.45) is 5.92 Å². The Morgan fingerprint density at radius 1 is 1.19 bits per heavy atom. The minimum Gasteiger partial charge on any atom is -0.391 e. The van der Waals surface area contributed by atoms with Gasteiger partial charge in [0.15, 0.2) is 0 Å². The molecule has 2 amide bonds. The molecular weight excluding hydrogens is 270 g/mol. The van der Waals surface area contributed by atoms with Crippen LogP contribution in [0.5, 0.6) is 0 Å². The van der Waals surface area contributed by atoms with Crippen molar-refractivity contribution in [2.45, 2.75) is 6.10 Å². The van der Waals surface area contributed by atoms with Crippen molar-refractivity contribution in [2.75, 3.05) is 32.7 Å². The van der Waals surface area contributed by atoms with Crippen LogP contribution in [0.2, 0.25) is 0 Å². The van der Waals surface area contributed by atoms with Gasteiger partial charge in [-0.05, 0) is 12.1 Å². The lowest BCUT2D eigenvalue weighted by Gasteiger charge is -2.17. The van der Waals surface area contributed by atoms with Crippen molar-refractivity contribution in [1.82, 2.24) is 15.5 Å². The molecule has 1 aromatic carbocycles. The molecule has 0 aromatic heterocycles. The summed E-state index contributed by atoms with van der Waals surface area (Å²) in [5.41, 5.74) is 0.968. The van der Waals surface area contributed by atoms with Gasteiger partial charge in [-0.2, -0.15) is 0 Å². The van der Waals surface area contributed by atoms with Crippen LogP contribution in [-0.2, 0) is 0 Å². The van der Waals surface area contributed by atoms with Crippen molar-refractivity contribution in [3.63, 3.8) is 0 Å². The third-order valence-electron chi connectivity index (χ3n) is 4.10. The maximum atomic E-state index is 12.1. The van der Waals surface area contributed by atoms with Crippen LogP contribution in [0.25, 0.3) is 0 Å². The van der Waals surface area contributed by atoms with Gasteiger partial charge in [-0.1, -0.05) is 12.1 Å². The van der Waals surface area contributed by atoms with E-state index in [1.165, 1.54) is 4.90 Å². The van der Waals surface area contributed by atoms with Crippen LogP contribution >= 0.6 is 0 Å². The number of benzene rings is 1. The number of fused-ring (bicyclic) bond motifs is 1. The Hall–Kier alpha value is -1.76. The van der Waals surface area contributed by atoms with E-state index in [4.69, 9.17) is 0 Å². The van der Waals surface area contributed by atoms with E-state index in [2.05, 4.69) is 10.6 Å². The molecule has 0 radical (unpaired) electrons. The smallest absolute Gasteiger partial charge is 0.261 e. The number of carbonyl (C=O) groups excluding carboxylic acids is 2. The van der Waals surface area contributed by atoms with Gasteiger partial charge >= 0.3 is 0 Å². The number of hydrogen-bond donors (Lipinski definition) is 3. The van der Waals surface area contributed by atoms with Gasteiger partial charge in [0, 0.05) is 38.6 Å². The van der Waals surface area contributed by atoms with Crippen LogP contribution in [0.4, 0.5) is 0 Å². The molecule has 0 aliphatic carbocycles. The first-order valence-electron chi connectivity index (χ1n) is 7.23. The Bertz CT molecular complexity index is 526. The third kappa shape index (κ3) is 2.70. The van der Waals surface area contributed by atoms with Crippen molar-refractivity contribution >= 4 is 11.8 Å². The van der Waals surface area contributed by atoms with Gasteiger partial charge in [0.1, 0.15) is 0 Å². The van der Waals surface area contributed by atoms with E-state index in [1.54, 1.807) is 24.3 Å². The predicted octanol–water partition coefficient (Wildman–Crippen LogP) is -0.547. The van der Waals surface area contributed by atoms with Crippen LogP contribution in [0.3, 0.4) is 0 Å². The molecule has 1 saturated heterocycles. The maximum Gasteiger partial charge on any atom is 0.261 e. The minimum atomic E-state index is -0.322. The molecule has 2 heterocycles. The summed E-state index contributed by atoms with van der Waals surface area (Å²) in [7, 11) is 0. The number of nitrogens with one attached hydrogen (secondary N) is 2. The minimum absolute atomic E-state index is 0.187. The third-order valence-corrected chi connectivity index (χ3v) is 4.10. The Morgan fingerprint density at radius 3 is 2.43 bits per heavy atom. The summed E-state index contributed by atoms with van der Waals surface area (Å²) in [6.07, 6.45) is -0.322. The Balaban J connectivity index is 1.51. The highest BCUT2D eigenvalue weighted by atomic mass is 16.3. The second-order valence-electron chi connectivity index (χ2n) is 5.50. The number of carbonyl (C=O) groups is 2. The van der Waals surface area contributed by atoms with Gasteiger partial charge in [-0.3, -0.25) is 14.5 Å². The van der Waals surface area contributed by atoms with Crippen LogP contribution < -0.4 is 10.6 Å². The van der Waals surface area contributed by atoms with E-state index >= 15 is 0 Å². The molecule has 1 aromatic rings. The van der Waals surface area contributed by atoms with Gasteiger partial charge in [-0.25, -0.2) is 0 Å². The average molecular weight is 289 g/mol. The van der Waals surface area contributed by atoms with Crippen molar-refractivity contribution in [3.8, 4) is 0 Å². The summed E-state index contributed by atoms with van der Waals surface area (Å²) in [5.74, 6) is -0.257. The van der Waals surface area contributed by atoms with Gasteiger partial charge in [0.2, 0.25) is 0 Å². The molecule has 112 valence electrons. The largest absolute Gasteiger partial charge is 0.391 e. The number of rotatable bonds is 5. The van der Waals surface area contributed by atoms with Crippen molar-refractivity contribution in [1.29, 1.82) is 0 Å². The Kier molecular flexibility index (Phi) is 4.01. The maximum absolute atomic E-state index is 12.1. The lowest BCUT2D eigenvalue weighted by Crippen LogP contribution is -2.39. The fourth-order valence-electron chi connectivity index (χ4n) is 2.85. The van der Waals surface area contributed by atoms with E-state index < -0.39 is 0 Å². The number of aliphatic hydroxyl groups is 1. The monoisotopic (exact) mass is 289 g/mol. The molecule has 3 N–H and O–H groups in total. The normalized spacial score (nSPS) is 24.7. The molecule has 21 heavy (non-hydrogen) atoms. The number of amides is 2. The van der Waals surface area contributed by atoms with E-state index in [0.717, 1.165) is 6.54 Å². The van der Waals surface area contributed by atoms with E-state index in [0.29, 0.717) is 37.3 Å². The topological polar surface area (TPSA) is 81.7 Å². The first-order chi connectivity index (χ1) is 10.2. The Labute approximate surface area is 123 Å². The van der Waals surface area contributed by atoms with E-state index in [-0.39, 0.29) is 23.8 Å². The predicted molar refractivity (Wildman–Crippen MR) is 77.0 cm³/mol. The average Bonchev–Trinajstić information content (AvgIpc) is 3.00. The number of imide groups is 1. The van der Waals surface area contributed by atoms with Gasteiger partial charge < -0.3 is 15.7 Å². The fourth-order valence-corrected chi connectivity index (χ4v) is 2.85. The lowest BCUT2D eigenvalue weighted by atomic mass is 10.1. The molecule has 2 aliphatic rings. The molecule has 6 nitrogen and oxygen atoms in total. The number of nitrogens with zero attached hydrogens (tertiary/aromatic N) is 1. The Morgan fingerprint density at radius 2 is 1.86 bits per heavy atom. The van der Waals surface area contributed by atoms with Crippen LogP contribution in [0.1, 0.15) is 20.7 Å². The van der Waals surface area contributed by atoms with Crippen LogP contribution in [0.15, 0.2) is 24.3 Å². The van der Waals surface area contributed by atoms with Crippen molar-refractivity contribution < 1.29 is 14.7 Å². The molecule has 1 fully saturated rings. The second-order valence-corrected chi connectivity index (χ2v) is 5.50. The molecule has 6 heteroatoms. The number of aliphatic hydroxyl groups excluding tert-OH is 1. The van der Waals surface area contributed by atoms with Crippen molar-refractivity contribution in [3.05, 3.63) is 35.4 Å². The SMILES string of the molecule is O=C1c2ccccc2C(=O)N1CCNC[C@H]1CNC[C@H]1O. The fraction of sp³-hybridized carbons (Fsp3) is 0.467. The highest BCUT2D eigenvalue weighted by Gasteiger charge is 2.34. The summed E-state index contributed by atoms with van der Waals surface area (Å²) in [6, 6.07) is 6.90. The lowest BCUT2D eigenvalue weighted by molar-refractivity contribution is 0.0653. The highest BCUT2D eigenvalue weighted by molar-refractivity contribution is 6.21. The van der Waals surface area contributed by atoms with Crippen LogP contribution in [-0.4, -0.2) is 60.6 Å². The molecule has 0 saturated carbocycles. The first kappa shape index (κ1) is 14.2. The summed E-state index contributed by atoms with van der Waals surface area (Å²) < 4.78 is 0. The van der Waals surface area contributed by atoms with E-state index in [1.807, 2.05) is 0 Å². The van der Waals surface area contributed by atoms with E-state index in [9.17, 15) is 14.7 Å². The highest BCUT2D eigenvalue weighted by Crippen LogP contribution is 2.21. The summed E-state index contributed by atoms with van der Waals surface area (Å²) >= 11 is 0. The molecule has 3 rings (SSSR count). The summed E-state index contributed by atoms with van der Waals surface area (Å²) in [6.45, 7) is 2.99. The molecule has 2 aliphatic heterocycles. The zero-order valence-corrected chi connectivity index (χ0v) is 11.7. The molecule has 0 bridgehead atoms. The first-order valence-corrected chi connectivity index (χ1v) is 7.23. The van der Waals surface area contributed by atoms with Gasteiger partial charge in [-0.15, -0.1) is 0 Å². The number of hydrogen-bond acceptors (Lipinski definition) is 5. The zero-order chi connectivity index (χ0) is 14.8. The zero-order valence-electron chi connectivity index (χ0n) is 11.7. The van der Waals surface area contributed by atoms with Gasteiger partial charge in [0.25, 0.3) is 11.8 Å². The molecule has 0 unspecified atom stereocenters. The summed E-state index contributed by atoms with van der Waals surface area (Å²) in [4.78, 5) is 25.6. The van der Waals surface area contributed by atoms with Gasteiger partial charge in [0.05, 0.1) is 17.2 Å². The molecule has 0 spiro atoms. The second kappa shape index (κ2) is 5.93. The quantitative estimate of drug-likeness (QED) is 0.501. The molecule has 2 atom stereocenters. The number of β-amino-alcohol motifs (C(OH)–C–C–N with tert-alkyl or cyclic N) is 1. The standard InChI is InChI=1S/C15H19N3O3/c19-13-9-17-8-10(13)7-16-5-6-18-14(20)11-3-1-2-4-12(11)15(18)21/h1-4,10,13,16-17,19H,5-9H2/t10-,13+/m0/s1. The summed E-state index contributed by atoms with van der Waals surface area (Å²) in [5, 5.41) is 16.0. The van der Waals surface area contributed by atoms with Crippen LogP contribution in [0, 0.1) is 5.92 Å².